The average molecular weight is 253 g/mol. The largest absolute Gasteiger partial charge is 0.379 e. The van der Waals surface area contributed by atoms with E-state index in [1.54, 1.807) is 12.5 Å². The second kappa shape index (κ2) is 4.97. The Balaban J connectivity index is 1.68. The average Bonchev–Trinajstić information content (AvgIpc) is 3.09. The van der Waals surface area contributed by atoms with Crippen molar-refractivity contribution in [2.45, 2.75) is 13.5 Å². The quantitative estimate of drug-likeness (QED) is 0.669. The van der Waals surface area contributed by atoms with E-state index in [-0.39, 0.29) is 0 Å². The van der Waals surface area contributed by atoms with E-state index in [4.69, 9.17) is 0 Å². The maximum atomic E-state index is 4.26. The Labute approximate surface area is 111 Å². The predicted octanol–water partition coefficient (Wildman–Crippen LogP) is 2.72. The summed E-state index contributed by atoms with van der Waals surface area (Å²) in [5.74, 6) is 0. The number of aromatic nitrogens is 4. The highest BCUT2D eigenvalue weighted by molar-refractivity contribution is 5.62. The maximum Gasteiger partial charge on any atom is 0.0925 e. The van der Waals surface area contributed by atoms with Gasteiger partial charge < -0.3 is 10.3 Å². The summed E-state index contributed by atoms with van der Waals surface area (Å²) >= 11 is 0. The van der Waals surface area contributed by atoms with Gasteiger partial charge in [0.1, 0.15) is 0 Å². The highest BCUT2D eigenvalue weighted by Crippen LogP contribution is 2.19. The summed E-state index contributed by atoms with van der Waals surface area (Å²) in [4.78, 5) is 7.33. The van der Waals surface area contributed by atoms with E-state index in [0.717, 1.165) is 34.9 Å². The zero-order valence-corrected chi connectivity index (χ0v) is 10.6. The monoisotopic (exact) mass is 253 g/mol. The third-order valence-electron chi connectivity index (χ3n) is 3.09. The second-order valence-corrected chi connectivity index (χ2v) is 4.38. The highest BCUT2D eigenvalue weighted by atomic mass is 15.1. The summed E-state index contributed by atoms with van der Waals surface area (Å²) in [6.45, 7) is 2.74. The van der Waals surface area contributed by atoms with Crippen LogP contribution in [0.4, 0.5) is 5.69 Å². The second-order valence-electron chi connectivity index (χ2n) is 4.38. The minimum atomic E-state index is 0.721. The van der Waals surface area contributed by atoms with Crippen LogP contribution in [0.15, 0.2) is 42.9 Å². The van der Waals surface area contributed by atoms with Crippen molar-refractivity contribution in [2.75, 3.05) is 5.32 Å². The van der Waals surface area contributed by atoms with Crippen molar-refractivity contribution in [1.82, 2.24) is 20.2 Å². The molecule has 3 aromatic rings. The number of imidazole rings is 1. The van der Waals surface area contributed by atoms with E-state index in [1.165, 1.54) is 0 Å². The van der Waals surface area contributed by atoms with Crippen molar-refractivity contribution in [1.29, 1.82) is 0 Å². The number of benzene rings is 1. The predicted molar refractivity (Wildman–Crippen MR) is 74.7 cm³/mol. The van der Waals surface area contributed by atoms with Crippen molar-refractivity contribution in [3.63, 3.8) is 0 Å². The van der Waals surface area contributed by atoms with Crippen molar-refractivity contribution < 1.29 is 0 Å². The Bertz CT molecular complexity index is 637. The van der Waals surface area contributed by atoms with E-state index in [0.29, 0.717) is 0 Å². The molecule has 19 heavy (non-hydrogen) atoms. The molecule has 0 spiro atoms. The van der Waals surface area contributed by atoms with Gasteiger partial charge in [-0.15, -0.1) is 0 Å². The zero-order valence-electron chi connectivity index (χ0n) is 10.6. The third-order valence-corrected chi connectivity index (χ3v) is 3.09. The van der Waals surface area contributed by atoms with Gasteiger partial charge in [-0.05, 0) is 30.7 Å². The molecule has 3 rings (SSSR count). The smallest absolute Gasteiger partial charge is 0.0925 e. The lowest BCUT2D eigenvalue weighted by Crippen LogP contribution is -2.01. The summed E-state index contributed by atoms with van der Waals surface area (Å²) < 4.78 is 0. The molecule has 0 saturated heterocycles. The Morgan fingerprint density at radius 2 is 2.00 bits per heavy atom. The fourth-order valence-corrected chi connectivity index (χ4v) is 1.94. The molecule has 1 aromatic carbocycles. The fraction of sp³-hybridized carbons (Fsp3) is 0.143. The molecule has 0 amide bonds. The molecule has 0 atom stereocenters. The van der Waals surface area contributed by atoms with Crippen LogP contribution in [0.2, 0.25) is 0 Å². The first kappa shape index (κ1) is 11.5. The van der Waals surface area contributed by atoms with E-state index >= 15 is 0 Å². The van der Waals surface area contributed by atoms with E-state index in [2.05, 4.69) is 49.7 Å². The van der Waals surface area contributed by atoms with Crippen LogP contribution in [-0.2, 0) is 6.54 Å². The van der Waals surface area contributed by atoms with Gasteiger partial charge in [0, 0.05) is 17.6 Å². The minimum absolute atomic E-state index is 0.721. The molecule has 3 N–H and O–H groups in total. The van der Waals surface area contributed by atoms with Gasteiger partial charge in [0.05, 0.1) is 24.3 Å². The van der Waals surface area contributed by atoms with Gasteiger partial charge in [-0.3, -0.25) is 5.10 Å². The van der Waals surface area contributed by atoms with E-state index in [9.17, 15) is 0 Å². The number of aromatic amines is 2. The van der Waals surface area contributed by atoms with Gasteiger partial charge in [-0.25, -0.2) is 4.98 Å². The molecule has 0 aliphatic heterocycles. The first-order valence-electron chi connectivity index (χ1n) is 6.15. The molecule has 0 bridgehead atoms. The number of H-pyrrole nitrogens is 2. The van der Waals surface area contributed by atoms with Crippen LogP contribution in [0, 0.1) is 6.92 Å². The maximum absolute atomic E-state index is 4.26. The number of hydrogen-bond donors (Lipinski definition) is 3. The van der Waals surface area contributed by atoms with Crippen LogP contribution in [0.25, 0.3) is 11.3 Å². The normalized spacial score (nSPS) is 10.6. The van der Waals surface area contributed by atoms with Gasteiger partial charge in [-0.1, -0.05) is 12.1 Å². The summed E-state index contributed by atoms with van der Waals surface area (Å²) in [7, 11) is 0. The van der Waals surface area contributed by atoms with Crippen molar-refractivity contribution in [3.8, 4) is 11.3 Å². The number of aryl methyl sites for hydroxylation is 1. The Morgan fingerprint density at radius 3 is 2.63 bits per heavy atom. The number of nitrogens with one attached hydrogen (secondary N) is 3. The van der Waals surface area contributed by atoms with Gasteiger partial charge >= 0.3 is 0 Å². The standard InChI is InChI=1S/C14H15N5/c1-10-14(17-9-16-10)8-15-12-4-2-11(3-5-12)13-6-7-18-19-13/h2-7,9,15H,8H2,1H3,(H,16,17)(H,18,19). The lowest BCUT2D eigenvalue weighted by molar-refractivity contribution is 1.05. The van der Waals surface area contributed by atoms with Crippen molar-refractivity contribution in [2.24, 2.45) is 0 Å². The van der Waals surface area contributed by atoms with Gasteiger partial charge in [0.2, 0.25) is 0 Å². The Morgan fingerprint density at radius 1 is 1.16 bits per heavy atom. The van der Waals surface area contributed by atoms with Crippen LogP contribution in [-0.4, -0.2) is 20.2 Å². The molecule has 0 saturated carbocycles. The Hall–Kier alpha value is -2.56. The topological polar surface area (TPSA) is 69.4 Å². The lowest BCUT2D eigenvalue weighted by Gasteiger charge is -2.06. The number of hydrogen-bond acceptors (Lipinski definition) is 3. The SMILES string of the molecule is Cc1[nH]cnc1CNc1ccc(-c2ccn[nH]2)cc1. The molecule has 0 aliphatic rings. The fourth-order valence-electron chi connectivity index (χ4n) is 1.94. The van der Waals surface area contributed by atoms with Crippen LogP contribution in [0.1, 0.15) is 11.4 Å². The summed E-state index contributed by atoms with van der Waals surface area (Å²) in [5, 5.41) is 10.3. The number of rotatable bonds is 4. The van der Waals surface area contributed by atoms with E-state index < -0.39 is 0 Å². The van der Waals surface area contributed by atoms with Gasteiger partial charge in [0.25, 0.3) is 0 Å². The summed E-state index contributed by atoms with van der Waals surface area (Å²) in [6.07, 6.45) is 3.47. The van der Waals surface area contributed by atoms with Crippen molar-refractivity contribution in [3.05, 3.63) is 54.2 Å². The first-order valence-corrected chi connectivity index (χ1v) is 6.15. The molecule has 96 valence electrons. The van der Waals surface area contributed by atoms with E-state index in [1.807, 2.05) is 13.0 Å². The zero-order chi connectivity index (χ0) is 13.1. The molecule has 0 unspecified atom stereocenters. The molecule has 5 nitrogen and oxygen atoms in total. The van der Waals surface area contributed by atoms with Gasteiger partial charge in [-0.2, -0.15) is 5.10 Å². The molecular weight excluding hydrogens is 238 g/mol. The molecule has 0 radical (unpaired) electrons. The van der Waals surface area contributed by atoms with Gasteiger partial charge in [0.15, 0.2) is 0 Å². The first-order chi connectivity index (χ1) is 9.33. The minimum Gasteiger partial charge on any atom is -0.379 e. The Kier molecular flexibility index (Phi) is 3.02. The molecule has 2 heterocycles. The van der Waals surface area contributed by atoms with Crippen LogP contribution in [0.5, 0.6) is 0 Å². The molecule has 2 aromatic heterocycles. The summed E-state index contributed by atoms with van der Waals surface area (Å²) in [5.41, 5.74) is 5.36. The van der Waals surface area contributed by atoms with Crippen molar-refractivity contribution >= 4 is 5.69 Å². The third kappa shape index (κ3) is 2.49. The summed E-state index contributed by atoms with van der Waals surface area (Å²) in [6, 6.07) is 10.2. The lowest BCUT2D eigenvalue weighted by atomic mass is 10.1. The van der Waals surface area contributed by atoms with Crippen LogP contribution in [0.3, 0.4) is 0 Å². The molecule has 5 heteroatoms. The van der Waals surface area contributed by atoms with Crippen LogP contribution < -0.4 is 5.32 Å². The molecular formula is C14H15N5. The highest BCUT2D eigenvalue weighted by Gasteiger charge is 2.01. The number of nitrogens with zero attached hydrogens (tertiary/aromatic N) is 2. The molecule has 0 aliphatic carbocycles. The number of anilines is 1. The molecule has 0 fully saturated rings. The van der Waals surface area contributed by atoms with Crippen LogP contribution >= 0.6 is 0 Å².